The van der Waals surface area contributed by atoms with Crippen LogP contribution in [0.3, 0.4) is 0 Å². The Morgan fingerprint density at radius 1 is 1.15 bits per heavy atom. The van der Waals surface area contributed by atoms with E-state index >= 15 is 0 Å². The number of anilines is 1. The van der Waals surface area contributed by atoms with Gasteiger partial charge in [-0.25, -0.2) is 9.07 Å². The van der Waals surface area contributed by atoms with Crippen molar-refractivity contribution in [3.05, 3.63) is 77.9 Å². The molecule has 3 rings (SSSR count). The molecule has 1 heterocycles. The second-order valence-electron chi connectivity index (χ2n) is 5.58. The molecular weight excluding hydrogens is 347 g/mol. The van der Waals surface area contributed by atoms with Crippen molar-refractivity contribution in [1.29, 1.82) is 0 Å². The zero-order chi connectivity index (χ0) is 19.2. The van der Waals surface area contributed by atoms with E-state index in [9.17, 15) is 14.0 Å². The maximum atomic E-state index is 13.3. The van der Waals surface area contributed by atoms with Crippen molar-refractivity contribution >= 4 is 17.5 Å². The first-order valence-electron chi connectivity index (χ1n) is 8.01. The minimum Gasteiger partial charge on any atom is -0.342 e. The SMILES string of the molecule is C#Cc1cccc(NC(=O)CNC(=O)c2ccn(-c3cccc(F)c3)n2)c1. The molecule has 0 aliphatic heterocycles. The molecular formula is C20H15FN4O2. The van der Waals surface area contributed by atoms with Gasteiger partial charge in [-0.1, -0.05) is 18.1 Å². The molecule has 0 unspecified atom stereocenters. The predicted octanol–water partition coefficient (Wildman–Crippen LogP) is 2.36. The highest BCUT2D eigenvalue weighted by atomic mass is 19.1. The van der Waals surface area contributed by atoms with Gasteiger partial charge in [0.25, 0.3) is 5.91 Å². The summed E-state index contributed by atoms with van der Waals surface area (Å²) in [5.74, 6) is 1.16. The Kier molecular flexibility index (Phi) is 5.28. The van der Waals surface area contributed by atoms with E-state index in [2.05, 4.69) is 21.7 Å². The molecule has 27 heavy (non-hydrogen) atoms. The number of rotatable bonds is 5. The molecule has 3 aromatic rings. The maximum Gasteiger partial charge on any atom is 0.272 e. The molecule has 0 saturated carbocycles. The lowest BCUT2D eigenvalue weighted by Gasteiger charge is -2.06. The minimum atomic E-state index is -0.516. The molecule has 0 aliphatic carbocycles. The van der Waals surface area contributed by atoms with Crippen LogP contribution in [0.1, 0.15) is 16.1 Å². The van der Waals surface area contributed by atoms with E-state index in [0.29, 0.717) is 16.9 Å². The molecule has 0 saturated heterocycles. The van der Waals surface area contributed by atoms with E-state index in [-0.39, 0.29) is 12.2 Å². The highest BCUT2D eigenvalue weighted by Crippen LogP contribution is 2.10. The summed E-state index contributed by atoms with van der Waals surface area (Å²) in [6, 6.07) is 14.1. The van der Waals surface area contributed by atoms with Crippen LogP contribution >= 0.6 is 0 Å². The second-order valence-corrected chi connectivity index (χ2v) is 5.58. The summed E-state index contributed by atoms with van der Waals surface area (Å²) in [5, 5.41) is 9.22. The molecule has 2 amide bonds. The topological polar surface area (TPSA) is 76.0 Å². The zero-order valence-electron chi connectivity index (χ0n) is 14.1. The molecule has 0 fully saturated rings. The molecule has 0 spiro atoms. The highest BCUT2D eigenvalue weighted by Gasteiger charge is 2.12. The van der Waals surface area contributed by atoms with Crippen LogP contribution in [0, 0.1) is 18.2 Å². The van der Waals surface area contributed by atoms with Crippen LogP contribution in [-0.2, 0) is 4.79 Å². The van der Waals surface area contributed by atoms with Gasteiger partial charge in [0, 0.05) is 17.4 Å². The Balaban J connectivity index is 1.58. The van der Waals surface area contributed by atoms with Gasteiger partial charge in [0.2, 0.25) is 5.91 Å². The lowest BCUT2D eigenvalue weighted by Crippen LogP contribution is -2.33. The molecule has 6 nitrogen and oxygen atoms in total. The number of carbonyl (C=O) groups is 2. The fourth-order valence-corrected chi connectivity index (χ4v) is 2.35. The van der Waals surface area contributed by atoms with Crippen molar-refractivity contribution in [2.75, 3.05) is 11.9 Å². The Morgan fingerprint density at radius 2 is 1.96 bits per heavy atom. The van der Waals surface area contributed by atoms with Crippen molar-refractivity contribution in [2.45, 2.75) is 0 Å². The number of amides is 2. The summed E-state index contributed by atoms with van der Waals surface area (Å²) in [7, 11) is 0. The van der Waals surface area contributed by atoms with Crippen LogP contribution in [0.2, 0.25) is 0 Å². The van der Waals surface area contributed by atoms with E-state index in [1.165, 1.54) is 29.1 Å². The Morgan fingerprint density at radius 3 is 2.74 bits per heavy atom. The normalized spacial score (nSPS) is 10.1. The van der Waals surface area contributed by atoms with Crippen LogP contribution in [0.4, 0.5) is 10.1 Å². The molecule has 2 aromatic carbocycles. The maximum absolute atomic E-state index is 13.3. The summed E-state index contributed by atoms with van der Waals surface area (Å²) < 4.78 is 14.7. The minimum absolute atomic E-state index is 0.112. The van der Waals surface area contributed by atoms with Crippen molar-refractivity contribution in [3.63, 3.8) is 0 Å². The van der Waals surface area contributed by atoms with E-state index in [1.54, 1.807) is 36.4 Å². The predicted molar refractivity (Wildman–Crippen MR) is 98.9 cm³/mol. The first-order chi connectivity index (χ1) is 13.0. The van der Waals surface area contributed by atoms with Crippen molar-refractivity contribution in [2.24, 2.45) is 0 Å². The first kappa shape index (κ1) is 17.9. The standard InChI is InChI=1S/C20H15FN4O2/c1-2-14-5-3-7-16(11-14)23-19(26)13-22-20(27)18-9-10-25(24-18)17-8-4-6-15(21)12-17/h1,3-12H,13H2,(H,22,27)(H,23,26). The number of aromatic nitrogens is 2. The van der Waals surface area contributed by atoms with Crippen LogP contribution < -0.4 is 10.6 Å². The molecule has 0 atom stereocenters. The average molecular weight is 362 g/mol. The second kappa shape index (κ2) is 7.97. The Bertz CT molecular complexity index is 1040. The van der Waals surface area contributed by atoms with Gasteiger partial charge in [-0.3, -0.25) is 9.59 Å². The molecule has 2 N–H and O–H groups in total. The van der Waals surface area contributed by atoms with Crippen molar-refractivity contribution in [3.8, 4) is 18.0 Å². The fraction of sp³-hybridized carbons (Fsp3) is 0.0500. The molecule has 0 radical (unpaired) electrons. The van der Waals surface area contributed by atoms with Crippen LogP contribution in [-0.4, -0.2) is 28.1 Å². The number of nitrogens with one attached hydrogen (secondary N) is 2. The first-order valence-corrected chi connectivity index (χ1v) is 8.01. The van der Waals surface area contributed by atoms with Crippen LogP contribution in [0.25, 0.3) is 5.69 Å². The number of carbonyl (C=O) groups excluding carboxylic acids is 2. The highest BCUT2D eigenvalue weighted by molar-refractivity contribution is 5.98. The van der Waals surface area contributed by atoms with E-state index in [4.69, 9.17) is 6.42 Å². The van der Waals surface area contributed by atoms with E-state index < -0.39 is 17.6 Å². The average Bonchev–Trinajstić information content (AvgIpc) is 3.16. The van der Waals surface area contributed by atoms with Crippen LogP contribution in [0.15, 0.2) is 60.8 Å². The van der Waals surface area contributed by atoms with Gasteiger partial charge in [-0.05, 0) is 42.5 Å². The quantitative estimate of drug-likeness (QED) is 0.684. The van der Waals surface area contributed by atoms with Gasteiger partial charge in [0.1, 0.15) is 5.82 Å². The van der Waals surface area contributed by atoms with Gasteiger partial charge in [-0.2, -0.15) is 5.10 Å². The summed E-state index contributed by atoms with van der Waals surface area (Å²) in [5.41, 5.74) is 1.78. The van der Waals surface area contributed by atoms with Gasteiger partial charge < -0.3 is 10.6 Å². The molecule has 7 heteroatoms. The van der Waals surface area contributed by atoms with E-state index in [1.807, 2.05) is 0 Å². The lowest BCUT2D eigenvalue weighted by molar-refractivity contribution is -0.115. The molecule has 134 valence electrons. The van der Waals surface area contributed by atoms with Gasteiger partial charge in [0.15, 0.2) is 5.69 Å². The molecule has 0 bridgehead atoms. The molecule has 1 aromatic heterocycles. The van der Waals surface area contributed by atoms with Gasteiger partial charge in [-0.15, -0.1) is 6.42 Å². The van der Waals surface area contributed by atoms with Gasteiger partial charge >= 0.3 is 0 Å². The van der Waals surface area contributed by atoms with Crippen LogP contribution in [0.5, 0.6) is 0 Å². The van der Waals surface area contributed by atoms with Crippen molar-refractivity contribution in [1.82, 2.24) is 15.1 Å². The zero-order valence-corrected chi connectivity index (χ0v) is 14.1. The number of hydrogen-bond donors (Lipinski definition) is 2. The third kappa shape index (κ3) is 4.58. The van der Waals surface area contributed by atoms with E-state index in [0.717, 1.165) is 0 Å². The summed E-state index contributed by atoms with van der Waals surface area (Å²) in [6.45, 7) is -0.230. The monoisotopic (exact) mass is 362 g/mol. The largest absolute Gasteiger partial charge is 0.342 e. The number of benzene rings is 2. The summed E-state index contributed by atoms with van der Waals surface area (Å²) in [6.07, 6.45) is 6.85. The summed E-state index contributed by atoms with van der Waals surface area (Å²) in [4.78, 5) is 24.1. The smallest absolute Gasteiger partial charge is 0.272 e. The third-order valence-corrected chi connectivity index (χ3v) is 3.62. The molecule has 0 aliphatic rings. The number of halogens is 1. The number of terminal acetylenes is 1. The fourth-order valence-electron chi connectivity index (χ4n) is 2.35. The Labute approximate surface area is 155 Å². The Hall–Kier alpha value is -3.92. The number of nitrogens with zero attached hydrogens (tertiary/aromatic N) is 2. The summed E-state index contributed by atoms with van der Waals surface area (Å²) >= 11 is 0. The number of hydrogen-bond acceptors (Lipinski definition) is 3. The van der Waals surface area contributed by atoms with Crippen molar-refractivity contribution < 1.29 is 14.0 Å². The third-order valence-electron chi connectivity index (χ3n) is 3.62. The lowest BCUT2D eigenvalue weighted by atomic mass is 10.2. The van der Waals surface area contributed by atoms with Gasteiger partial charge in [0.05, 0.1) is 12.2 Å².